The maximum absolute atomic E-state index is 13.0. The van der Waals surface area contributed by atoms with Gasteiger partial charge in [0, 0.05) is 6.42 Å². The molecule has 164 valence electrons. The van der Waals surface area contributed by atoms with E-state index in [4.69, 9.17) is 9.47 Å². The number of imide groups is 1. The van der Waals surface area contributed by atoms with Gasteiger partial charge < -0.3 is 14.8 Å². The second-order valence-corrected chi connectivity index (χ2v) is 7.09. The van der Waals surface area contributed by atoms with Crippen LogP contribution in [0.2, 0.25) is 0 Å². The van der Waals surface area contributed by atoms with Crippen LogP contribution in [0.1, 0.15) is 38.7 Å². The third kappa shape index (κ3) is 4.96. The Labute approximate surface area is 181 Å². The van der Waals surface area contributed by atoms with Gasteiger partial charge >= 0.3 is 6.03 Å². The van der Waals surface area contributed by atoms with E-state index in [1.807, 2.05) is 32.0 Å². The van der Waals surface area contributed by atoms with Crippen molar-refractivity contribution in [2.45, 2.75) is 38.6 Å². The number of nitrogens with one attached hydrogen (secondary N) is 2. The summed E-state index contributed by atoms with van der Waals surface area (Å²) in [5, 5.41) is 3.50. The van der Waals surface area contributed by atoms with Crippen molar-refractivity contribution in [2.24, 2.45) is 0 Å². The molecule has 1 aliphatic heterocycles. The number of benzene rings is 2. The lowest BCUT2D eigenvalue weighted by molar-refractivity contribution is -0.139. The first-order valence-corrected chi connectivity index (χ1v) is 10.4. The van der Waals surface area contributed by atoms with Crippen LogP contribution in [0.25, 0.3) is 0 Å². The number of nitrogens with zero attached hydrogens (tertiary/aromatic N) is 1. The zero-order valence-electron chi connectivity index (χ0n) is 17.7. The Bertz CT molecular complexity index is 917. The molecule has 1 atom stereocenters. The average molecular weight is 425 g/mol. The highest BCUT2D eigenvalue weighted by Crippen LogP contribution is 2.31. The van der Waals surface area contributed by atoms with E-state index in [1.54, 1.807) is 36.4 Å². The Morgan fingerprint density at radius 2 is 1.65 bits per heavy atom. The van der Waals surface area contributed by atoms with Crippen molar-refractivity contribution in [1.29, 1.82) is 0 Å². The predicted molar refractivity (Wildman–Crippen MR) is 114 cm³/mol. The van der Waals surface area contributed by atoms with E-state index in [1.165, 1.54) is 0 Å². The normalized spacial score (nSPS) is 17.9. The number of hydrogen-bond acceptors (Lipinski definition) is 5. The molecule has 0 aliphatic carbocycles. The zero-order valence-corrected chi connectivity index (χ0v) is 17.7. The summed E-state index contributed by atoms with van der Waals surface area (Å²) in [6.07, 6.45) is 0.905. The van der Waals surface area contributed by atoms with Crippen LogP contribution in [0.5, 0.6) is 11.5 Å². The molecule has 2 N–H and O–H groups in total. The molecule has 0 saturated carbocycles. The summed E-state index contributed by atoms with van der Waals surface area (Å²) in [4.78, 5) is 37.7. The smallest absolute Gasteiger partial charge is 0.344 e. The highest BCUT2D eigenvalue weighted by Gasteiger charge is 2.52. The van der Waals surface area contributed by atoms with Crippen molar-refractivity contribution in [2.75, 3.05) is 13.2 Å². The number of carbonyl (C=O) groups excluding carboxylic acids is 3. The van der Waals surface area contributed by atoms with E-state index < -0.39 is 23.4 Å². The summed E-state index contributed by atoms with van der Waals surface area (Å²) in [5.41, 5.74) is 1.92. The van der Waals surface area contributed by atoms with Crippen LogP contribution in [-0.4, -0.2) is 36.1 Å². The Balaban J connectivity index is 1.50. The molecule has 1 saturated heterocycles. The maximum Gasteiger partial charge on any atom is 0.344 e. The molecule has 8 nitrogen and oxygen atoms in total. The highest BCUT2D eigenvalue weighted by atomic mass is 16.5. The van der Waals surface area contributed by atoms with Crippen LogP contribution >= 0.6 is 0 Å². The van der Waals surface area contributed by atoms with Crippen LogP contribution < -0.4 is 20.2 Å². The molecule has 2 aromatic rings. The van der Waals surface area contributed by atoms with Gasteiger partial charge in [-0.1, -0.05) is 37.3 Å². The second-order valence-electron chi connectivity index (χ2n) is 7.09. The summed E-state index contributed by atoms with van der Waals surface area (Å²) in [6, 6.07) is 15.6. The van der Waals surface area contributed by atoms with E-state index in [0.717, 1.165) is 10.8 Å². The summed E-state index contributed by atoms with van der Waals surface area (Å²) in [5.74, 6) is 0.513. The Hall–Kier alpha value is -3.55. The molecular formula is C23H27N3O5. The van der Waals surface area contributed by atoms with Gasteiger partial charge in [-0.3, -0.25) is 15.0 Å². The summed E-state index contributed by atoms with van der Waals surface area (Å²) in [7, 11) is 0. The summed E-state index contributed by atoms with van der Waals surface area (Å²) in [6.45, 7) is 4.65. The van der Waals surface area contributed by atoms with Crippen LogP contribution in [0.15, 0.2) is 54.6 Å². The minimum absolute atomic E-state index is 0.110. The van der Waals surface area contributed by atoms with E-state index in [-0.39, 0.29) is 6.42 Å². The molecule has 0 unspecified atom stereocenters. The molecule has 0 bridgehead atoms. The first kappa shape index (κ1) is 22.1. The molecule has 31 heavy (non-hydrogen) atoms. The number of ether oxygens (including phenoxy) is 2. The minimum Gasteiger partial charge on any atom is -0.494 e. The Morgan fingerprint density at radius 3 is 2.26 bits per heavy atom. The SMILES string of the molecule is CCOc1ccc(OCCCC(=O)NN2C(=O)N[C@@](CC)(c3ccccc3)C2=O)cc1. The molecule has 4 amide bonds. The molecule has 2 aromatic carbocycles. The first-order valence-electron chi connectivity index (χ1n) is 10.4. The van der Waals surface area contributed by atoms with Gasteiger partial charge in [0.1, 0.15) is 17.0 Å². The van der Waals surface area contributed by atoms with Gasteiger partial charge in [0.25, 0.3) is 5.91 Å². The van der Waals surface area contributed by atoms with E-state index >= 15 is 0 Å². The van der Waals surface area contributed by atoms with Crippen molar-refractivity contribution in [1.82, 2.24) is 15.8 Å². The van der Waals surface area contributed by atoms with Gasteiger partial charge in [0.2, 0.25) is 5.91 Å². The lowest BCUT2D eigenvalue weighted by Crippen LogP contribution is -2.48. The van der Waals surface area contributed by atoms with Crippen molar-refractivity contribution in [3.05, 3.63) is 60.2 Å². The molecule has 0 spiro atoms. The lowest BCUT2D eigenvalue weighted by atomic mass is 9.87. The third-order valence-electron chi connectivity index (χ3n) is 5.08. The van der Waals surface area contributed by atoms with E-state index in [0.29, 0.717) is 37.4 Å². The van der Waals surface area contributed by atoms with E-state index in [2.05, 4.69) is 10.7 Å². The molecule has 0 radical (unpaired) electrons. The fourth-order valence-corrected chi connectivity index (χ4v) is 3.44. The molecule has 1 fully saturated rings. The number of urea groups is 1. The molecule has 0 aromatic heterocycles. The first-order chi connectivity index (χ1) is 15.0. The summed E-state index contributed by atoms with van der Waals surface area (Å²) >= 11 is 0. The largest absolute Gasteiger partial charge is 0.494 e. The van der Waals surface area contributed by atoms with Gasteiger partial charge in [0.05, 0.1) is 13.2 Å². The number of carbonyl (C=O) groups is 3. The van der Waals surface area contributed by atoms with Crippen LogP contribution in [-0.2, 0) is 15.1 Å². The van der Waals surface area contributed by atoms with Gasteiger partial charge in [-0.25, -0.2) is 4.79 Å². The highest BCUT2D eigenvalue weighted by molar-refractivity contribution is 6.08. The Morgan fingerprint density at radius 1 is 1.00 bits per heavy atom. The fraction of sp³-hybridized carbons (Fsp3) is 0.348. The maximum atomic E-state index is 13.0. The minimum atomic E-state index is -1.18. The number of hydrogen-bond donors (Lipinski definition) is 2. The quantitative estimate of drug-likeness (QED) is 0.450. The zero-order chi connectivity index (χ0) is 22.3. The topological polar surface area (TPSA) is 97.0 Å². The third-order valence-corrected chi connectivity index (χ3v) is 5.08. The van der Waals surface area contributed by atoms with Crippen molar-refractivity contribution in [3.63, 3.8) is 0 Å². The van der Waals surface area contributed by atoms with Gasteiger partial charge in [-0.05, 0) is 49.6 Å². The molecule has 1 aliphatic rings. The van der Waals surface area contributed by atoms with Gasteiger partial charge in [-0.15, -0.1) is 0 Å². The monoisotopic (exact) mass is 425 g/mol. The van der Waals surface area contributed by atoms with Crippen molar-refractivity contribution < 1.29 is 23.9 Å². The standard InChI is InChI=1S/C23H27N3O5/c1-3-23(17-9-6-5-7-10-17)21(28)26(22(29)24-23)25-20(27)11-8-16-31-19-14-12-18(13-15-19)30-4-2/h5-7,9-10,12-15H,3-4,8,11,16H2,1-2H3,(H,24,29)(H,25,27)/t23-/m0/s1. The van der Waals surface area contributed by atoms with Gasteiger partial charge in [0.15, 0.2) is 0 Å². The molecule has 3 rings (SSSR count). The second kappa shape index (κ2) is 9.97. The molecular weight excluding hydrogens is 398 g/mol. The van der Waals surface area contributed by atoms with Crippen molar-refractivity contribution in [3.8, 4) is 11.5 Å². The lowest BCUT2D eigenvalue weighted by Gasteiger charge is -2.25. The van der Waals surface area contributed by atoms with Crippen LogP contribution in [0, 0.1) is 0 Å². The average Bonchev–Trinajstić information content (AvgIpc) is 3.03. The number of rotatable bonds is 10. The Kier molecular flexibility index (Phi) is 7.12. The fourth-order valence-electron chi connectivity index (χ4n) is 3.44. The molecule has 8 heteroatoms. The number of hydrazine groups is 1. The van der Waals surface area contributed by atoms with Crippen LogP contribution in [0.4, 0.5) is 4.79 Å². The summed E-state index contributed by atoms with van der Waals surface area (Å²) < 4.78 is 11.0. The van der Waals surface area contributed by atoms with Crippen LogP contribution in [0.3, 0.4) is 0 Å². The van der Waals surface area contributed by atoms with Gasteiger partial charge in [-0.2, -0.15) is 5.01 Å². The predicted octanol–water partition coefficient (Wildman–Crippen LogP) is 3.13. The molecule has 1 heterocycles. The van der Waals surface area contributed by atoms with Crippen molar-refractivity contribution >= 4 is 17.8 Å². The number of amides is 4. The van der Waals surface area contributed by atoms with E-state index in [9.17, 15) is 14.4 Å².